The van der Waals surface area contributed by atoms with Crippen molar-refractivity contribution in [2.24, 2.45) is 9.98 Å². The second kappa shape index (κ2) is 10.1. The van der Waals surface area contributed by atoms with E-state index in [-0.39, 0.29) is 0 Å². The summed E-state index contributed by atoms with van der Waals surface area (Å²) < 4.78 is 0. The summed E-state index contributed by atoms with van der Waals surface area (Å²) >= 11 is 0. The Morgan fingerprint density at radius 2 is 0.600 bits per heavy atom. The third-order valence-corrected chi connectivity index (χ3v) is 4.83. The average Bonchev–Trinajstić information content (AvgIpc) is 2.84. The van der Waals surface area contributed by atoms with Gasteiger partial charge in [0.1, 0.15) is 0 Å². The molecule has 4 aromatic carbocycles. The zero-order chi connectivity index (χ0) is 20.4. The molecule has 0 saturated carbocycles. The van der Waals surface area contributed by atoms with Crippen LogP contribution in [0.15, 0.2) is 131 Å². The minimum Gasteiger partial charge on any atom is -0.282 e. The molecule has 0 unspecified atom stereocenters. The number of hydrogen-bond acceptors (Lipinski definition) is 2. The fraction of sp³-hybridized carbons (Fsp3) is 0.0714. The summed E-state index contributed by atoms with van der Waals surface area (Å²) in [5, 5.41) is 0. The van der Waals surface area contributed by atoms with Gasteiger partial charge in [0.05, 0.1) is 24.5 Å². The zero-order valence-corrected chi connectivity index (χ0v) is 16.9. The van der Waals surface area contributed by atoms with Crippen LogP contribution in [0.4, 0.5) is 0 Å². The van der Waals surface area contributed by atoms with E-state index in [9.17, 15) is 0 Å². The Balaban J connectivity index is 1.60. The molecular formula is C28H24N2. The van der Waals surface area contributed by atoms with Gasteiger partial charge in [-0.25, -0.2) is 0 Å². The first-order valence-corrected chi connectivity index (χ1v) is 10.2. The van der Waals surface area contributed by atoms with Gasteiger partial charge < -0.3 is 0 Å². The maximum absolute atomic E-state index is 4.93. The smallest absolute Gasteiger partial charge is 0.0719 e. The van der Waals surface area contributed by atoms with Crippen LogP contribution in [0.25, 0.3) is 0 Å². The highest BCUT2D eigenvalue weighted by atomic mass is 14.8. The Morgan fingerprint density at radius 3 is 0.833 bits per heavy atom. The van der Waals surface area contributed by atoms with Crippen LogP contribution in [0.3, 0.4) is 0 Å². The zero-order valence-electron chi connectivity index (χ0n) is 16.9. The van der Waals surface area contributed by atoms with Crippen LogP contribution in [-0.2, 0) is 0 Å². The molecule has 0 spiro atoms. The monoisotopic (exact) mass is 388 g/mol. The van der Waals surface area contributed by atoms with Gasteiger partial charge >= 0.3 is 0 Å². The molecule has 0 atom stereocenters. The van der Waals surface area contributed by atoms with Crippen molar-refractivity contribution in [1.82, 2.24) is 0 Å². The van der Waals surface area contributed by atoms with E-state index >= 15 is 0 Å². The van der Waals surface area contributed by atoms with Gasteiger partial charge in [-0.3, -0.25) is 9.98 Å². The molecule has 0 fully saturated rings. The minimum absolute atomic E-state index is 0.627. The van der Waals surface area contributed by atoms with Crippen molar-refractivity contribution in [1.29, 1.82) is 0 Å². The molecule has 4 aromatic rings. The van der Waals surface area contributed by atoms with Crippen LogP contribution < -0.4 is 0 Å². The van der Waals surface area contributed by atoms with E-state index in [2.05, 4.69) is 97.1 Å². The third-order valence-electron chi connectivity index (χ3n) is 4.83. The van der Waals surface area contributed by atoms with Crippen molar-refractivity contribution in [3.63, 3.8) is 0 Å². The van der Waals surface area contributed by atoms with E-state index in [1.165, 1.54) is 0 Å². The van der Waals surface area contributed by atoms with Gasteiger partial charge in [-0.2, -0.15) is 0 Å². The highest BCUT2D eigenvalue weighted by Crippen LogP contribution is 2.13. The standard InChI is InChI=1S/C28H24N2/c1-5-13-23(14-6-1)27(24-15-7-2-8-16-24)29-21-22-30-28(25-17-9-3-10-18-25)26-19-11-4-12-20-26/h1-20H,21-22H2. The predicted octanol–water partition coefficient (Wildman–Crippen LogP) is 6.06. The molecule has 0 aliphatic heterocycles. The Labute approximate surface area is 178 Å². The van der Waals surface area contributed by atoms with Crippen molar-refractivity contribution in [2.75, 3.05) is 13.1 Å². The molecule has 0 bridgehead atoms. The molecule has 2 heteroatoms. The van der Waals surface area contributed by atoms with E-state index in [1.54, 1.807) is 0 Å². The van der Waals surface area contributed by atoms with E-state index < -0.39 is 0 Å². The quantitative estimate of drug-likeness (QED) is 0.271. The summed E-state index contributed by atoms with van der Waals surface area (Å²) in [4.78, 5) is 9.87. The van der Waals surface area contributed by atoms with Crippen LogP contribution in [0.1, 0.15) is 22.3 Å². The fourth-order valence-corrected chi connectivity index (χ4v) is 3.41. The molecule has 0 heterocycles. The lowest BCUT2D eigenvalue weighted by Crippen LogP contribution is -2.07. The highest BCUT2D eigenvalue weighted by Gasteiger charge is 2.07. The van der Waals surface area contributed by atoms with Gasteiger partial charge in [-0.1, -0.05) is 121 Å². The van der Waals surface area contributed by atoms with Crippen molar-refractivity contribution >= 4 is 11.4 Å². The van der Waals surface area contributed by atoms with Crippen LogP contribution >= 0.6 is 0 Å². The van der Waals surface area contributed by atoms with Gasteiger partial charge in [-0.15, -0.1) is 0 Å². The van der Waals surface area contributed by atoms with Gasteiger partial charge in [0.25, 0.3) is 0 Å². The Kier molecular flexibility index (Phi) is 6.59. The van der Waals surface area contributed by atoms with Crippen molar-refractivity contribution in [3.05, 3.63) is 144 Å². The summed E-state index contributed by atoms with van der Waals surface area (Å²) in [6.07, 6.45) is 0. The molecule has 0 radical (unpaired) electrons. The van der Waals surface area contributed by atoms with Crippen molar-refractivity contribution in [2.45, 2.75) is 0 Å². The average molecular weight is 389 g/mol. The maximum Gasteiger partial charge on any atom is 0.0719 e. The first-order valence-electron chi connectivity index (χ1n) is 10.2. The first-order chi connectivity index (χ1) is 14.9. The Morgan fingerprint density at radius 1 is 0.367 bits per heavy atom. The summed E-state index contributed by atoms with van der Waals surface area (Å²) in [5.41, 5.74) is 6.51. The summed E-state index contributed by atoms with van der Waals surface area (Å²) in [7, 11) is 0. The van der Waals surface area contributed by atoms with Gasteiger partial charge in [0.2, 0.25) is 0 Å². The van der Waals surface area contributed by atoms with Gasteiger partial charge in [-0.05, 0) is 0 Å². The lowest BCUT2D eigenvalue weighted by atomic mass is 10.0. The van der Waals surface area contributed by atoms with Crippen LogP contribution in [0.2, 0.25) is 0 Å². The molecule has 4 rings (SSSR count). The number of nitrogens with zero attached hydrogens (tertiary/aromatic N) is 2. The highest BCUT2D eigenvalue weighted by molar-refractivity contribution is 6.13. The second-order valence-corrected chi connectivity index (χ2v) is 6.92. The number of benzene rings is 4. The SMILES string of the molecule is c1ccc(C(=NCCN=C(c2ccccc2)c2ccccc2)c2ccccc2)cc1. The molecule has 0 aromatic heterocycles. The van der Waals surface area contributed by atoms with Crippen molar-refractivity contribution < 1.29 is 0 Å². The van der Waals surface area contributed by atoms with Gasteiger partial charge in [0, 0.05) is 22.3 Å². The lowest BCUT2D eigenvalue weighted by molar-refractivity contribution is 0.975. The fourth-order valence-electron chi connectivity index (χ4n) is 3.41. The van der Waals surface area contributed by atoms with E-state index in [0.717, 1.165) is 33.7 Å². The Bertz CT molecular complexity index is 924. The second-order valence-electron chi connectivity index (χ2n) is 6.92. The molecule has 2 nitrogen and oxygen atoms in total. The third kappa shape index (κ3) is 4.98. The molecular weight excluding hydrogens is 364 g/mol. The largest absolute Gasteiger partial charge is 0.282 e. The molecule has 30 heavy (non-hydrogen) atoms. The molecule has 0 amide bonds. The van der Waals surface area contributed by atoms with Crippen LogP contribution in [-0.4, -0.2) is 24.5 Å². The van der Waals surface area contributed by atoms with Crippen LogP contribution in [0.5, 0.6) is 0 Å². The Hall–Kier alpha value is -3.78. The first kappa shape index (κ1) is 19.5. The molecule has 0 saturated heterocycles. The minimum atomic E-state index is 0.627. The molecule has 0 N–H and O–H groups in total. The van der Waals surface area contributed by atoms with Gasteiger partial charge in [0.15, 0.2) is 0 Å². The summed E-state index contributed by atoms with van der Waals surface area (Å²) in [5.74, 6) is 0. The maximum atomic E-state index is 4.93. The molecule has 0 aliphatic carbocycles. The van der Waals surface area contributed by atoms with E-state index in [4.69, 9.17) is 9.98 Å². The summed E-state index contributed by atoms with van der Waals surface area (Å²) in [6, 6.07) is 41.4. The number of hydrogen-bond donors (Lipinski definition) is 0. The van der Waals surface area contributed by atoms with E-state index in [1.807, 2.05) is 24.3 Å². The predicted molar refractivity (Wildman–Crippen MR) is 127 cm³/mol. The normalized spacial score (nSPS) is 10.3. The molecule has 146 valence electrons. The summed E-state index contributed by atoms with van der Waals surface area (Å²) in [6.45, 7) is 1.25. The van der Waals surface area contributed by atoms with Crippen LogP contribution in [0, 0.1) is 0 Å². The van der Waals surface area contributed by atoms with E-state index in [0.29, 0.717) is 13.1 Å². The number of aliphatic imine (C=N–C) groups is 2. The lowest BCUT2D eigenvalue weighted by Gasteiger charge is -2.09. The number of rotatable bonds is 7. The van der Waals surface area contributed by atoms with Crippen molar-refractivity contribution in [3.8, 4) is 0 Å². The topological polar surface area (TPSA) is 24.7 Å². The molecule has 0 aliphatic rings.